The molecule has 92 valence electrons. The van der Waals surface area contributed by atoms with E-state index in [1.54, 1.807) is 0 Å². The molecule has 0 bridgehead atoms. The van der Waals surface area contributed by atoms with Crippen molar-refractivity contribution in [3.05, 3.63) is 0 Å². The van der Waals surface area contributed by atoms with Crippen LogP contribution in [-0.4, -0.2) is 26.5 Å². The molecular formula is C7H14F3O4P. The summed E-state index contributed by atoms with van der Waals surface area (Å²) in [6.45, 7) is 0.251. The minimum absolute atomic E-state index is 0.0411. The summed E-state index contributed by atoms with van der Waals surface area (Å²) in [5, 5.41) is 0. The summed E-state index contributed by atoms with van der Waals surface area (Å²) in [5.41, 5.74) is 0. The fraction of sp³-hybridized carbons (Fsp3) is 1.00. The molecule has 0 aromatic heterocycles. The summed E-state index contributed by atoms with van der Waals surface area (Å²) in [6, 6.07) is 0. The first-order valence-corrected chi connectivity index (χ1v) is 5.80. The first-order valence-electron chi connectivity index (χ1n) is 4.34. The van der Waals surface area contributed by atoms with E-state index in [0.717, 1.165) is 13.5 Å². The van der Waals surface area contributed by atoms with Crippen LogP contribution in [0.2, 0.25) is 0 Å². The molecule has 0 aliphatic carbocycles. The van der Waals surface area contributed by atoms with Crippen molar-refractivity contribution in [3.63, 3.8) is 0 Å². The first-order chi connectivity index (χ1) is 6.83. The molecule has 0 aromatic carbocycles. The van der Waals surface area contributed by atoms with Crippen LogP contribution in [0.5, 0.6) is 0 Å². The van der Waals surface area contributed by atoms with Gasteiger partial charge in [-0.3, -0.25) is 13.6 Å². The number of halogens is 3. The lowest BCUT2D eigenvalue weighted by molar-refractivity contribution is -0.158. The molecule has 0 saturated carbocycles. The van der Waals surface area contributed by atoms with Gasteiger partial charge in [0.25, 0.3) is 0 Å². The highest BCUT2D eigenvalue weighted by molar-refractivity contribution is 7.48. The van der Waals surface area contributed by atoms with E-state index < -0.39 is 20.6 Å². The summed E-state index contributed by atoms with van der Waals surface area (Å²) >= 11 is 0. The average Bonchev–Trinajstić information content (AvgIpc) is 2.14. The molecular weight excluding hydrogens is 236 g/mol. The van der Waals surface area contributed by atoms with E-state index in [1.165, 1.54) is 0 Å². The smallest absolute Gasteiger partial charge is 0.290 e. The SMILES string of the molecule is CCCCOP(=O)(OC)OCC(F)(F)F. The maximum Gasteiger partial charge on any atom is 0.474 e. The maximum absolute atomic E-state index is 11.8. The Labute approximate surface area is 86.3 Å². The summed E-state index contributed by atoms with van der Waals surface area (Å²) in [4.78, 5) is 0. The summed E-state index contributed by atoms with van der Waals surface area (Å²) in [6.07, 6.45) is -3.21. The summed E-state index contributed by atoms with van der Waals surface area (Å²) in [7, 11) is -3.07. The van der Waals surface area contributed by atoms with Gasteiger partial charge in [0, 0.05) is 7.11 Å². The van der Waals surface area contributed by atoms with Gasteiger partial charge in [0.2, 0.25) is 0 Å². The van der Waals surface area contributed by atoms with Crippen molar-refractivity contribution in [2.24, 2.45) is 0 Å². The largest absolute Gasteiger partial charge is 0.474 e. The van der Waals surface area contributed by atoms with Crippen LogP contribution in [0.1, 0.15) is 19.8 Å². The standard InChI is InChI=1S/C7H14F3O4P/c1-3-4-5-13-15(11,12-2)14-6-7(8,9)10/h3-6H2,1-2H3. The van der Waals surface area contributed by atoms with Gasteiger partial charge in [-0.2, -0.15) is 13.2 Å². The zero-order chi connectivity index (χ0) is 11.9. The highest BCUT2D eigenvalue weighted by Gasteiger charge is 2.34. The quantitative estimate of drug-likeness (QED) is 0.514. The topological polar surface area (TPSA) is 44.8 Å². The normalized spacial score (nSPS) is 16.3. The first kappa shape index (κ1) is 14.9. The van der Waals surface area contributed by atoms with Crippen molar-refractivity contribution in [2.45, 2.75) is 25.9 Å². The van der Waals surface area contributed by atoms with Gasteiger partial charge in [-0.1, -0.05) is 13.3 Å². The predicted octanol–water partition coefficient (Wildman–Crippen LogP) is 3.14. The van der Waals surface area contributed by atoms with Gasteiger partial charge in [0.05, 0.1) is 6.61 Å². The van der Waals surface area contributed by atoms with Crippen LogP contribution in [0, 0.1) is 0 Å². The third-order valence-corrected chi connectivity index (χ3v) is 2.75. The van der Waals surface area contributed by atoms with Gasteiger partial charge in [-0.25, -0.2) is 4.57 Å². The van der Waals surface area contributed by atoms with Gasteiger partial charge in [-0.15, -0.1) is 0 Å². The van der Waals surface area contributed by atoms with Gasteiger partial charge in [0.1, 0.15) is 0 Å². The second kappa shape index (κ2) is 6.48. The predicted molar refractivity (Wildman–Crippen MR) is 47.5 cm³/mol. The minimum atomic E-state index is -4.55. The Balaban J connectivity index is 4.02. The highest BCUT2D eigenvalue weighted by atomic mass is 31.2. The Morgan fingerprint density at radius 2 is 1.87 bits per heavy atom. The van der Waals surface area contributed by atoms with Crippen molar-refractivity contribution in [2.75, 3.05) is 20.3 Å². The molecule has 0 aliphatic rings. The van der Waals surface area contributed by atoms with Crippen LogP contribution in [0.3, 0.4) is 0 Å². The lowest BCUT2D eigenvalue weighted by Crippen LogP contribution is -2.17. The third-order valence-electron chi connectivity index (χ3n) is 1.36. The lowest BCUT2D eigenvalue weighted by Gasteiger charge is -2.16. The Morgan fingerprint density at radius 3 is 2.27 bits per heavy atom. The number of rotatable bonds is 7. The number of hydrogen-bond acceptors (Lipinski definition) is 4. The van der Waals surface area contributed by atoms with E-state index >= 15 is 0 Å². The molecule has 0 aromatic rings. The summed E-state index contributed by atoms with van der Waals surface area (Å²) < 4.78 is 59.6. The fourth-order valence-corrected chi connectivity index (χ4v) is 1.56. The van der Waals surface area contributed by atoms with Crippen molar-refractivity contribution < 1.29 is 31.3 Å². The molecule has 0 heterocycles. The monoisotopic (exact) mass is 250 g/mol. The van der Waals surface area contributed by atoms with E-state index in [1.807, 2.05) is 6.92 Å². The van der Waals surface area contributed by atoms with Crippen LogP contribution < -0.4 is 0 Å². The molecule has 1 unspecified atom stereocenters. The molecule has 0 saturated heterocycles. The van der Waals surface area contributed by atoms with Crippen molar-refractivity contribution in [1.82, 2.24) is 0 Å². The molecule has 15 heavy (non-hydrogen) atoms. The molecule has 1 atom stereocenters. The minimum Gasteiger partial charge on any atom is -0.290 e. The van der Waals surface area contributed by atoms with Crippen LogP contribution in [0.4, 0.5) is 13.2 Å². The van der Waals surface area contributed by atoms with E-state index in [-0.39, 0.29) is 6.61 Å². The zero-order valence-electron chi connectivity index (χ0n) is 8.54. The summed E-state index contributed by atoms with van der Waals surface area (Å²) in [5.74, 6) is 0. The van der Waals surface area contributed by atoms with Crippen molar-refractivity contribution >= 4 is 7.82 Å². The molecule has 0 fully saturated rings. The fourth-order valence-electron chi connectivity index (χ4n) is 0.616. The molecule has 0 amide bonds. The molecule has 0 N–H and O–H groups in total. The van der Waals surface area contributed by atoms with Gasteiger partial charge < -0.3 is 0 Å². The second-order valence-corrected chi connectivity index (χ2v) is 4.48. The van der Waals surface area contributed by atoms with E-state index in [9.17, 15) is 17.7 Å². The van der Waals surface area contributed by atoms with E-state index in [2.05, 4.69) is 13.6 Å². The highest BCUT2D eigenvalue weighted by Crippen LogP contribution is 2.49. The Bertz CT molecular complexity index is 219. The number of alkyl halides is 3. The number of hydrogen-bond donors (Lipinski definition) is 0. The lowest BCUT2D eigenvalue weighted by atomic mass is 10.4. The maximum atomic E-state index is 11.8. The number of unbranched alkanes of at least 4 members (excludes halogenated alkanes) is 1. The van der Waals surface area contributed by atoms with Crippen LogP contribution in [0.15, 0.2) is 0 Å². The Morgan fingerprint density at radius 1 is 1.27 bits per heavy atom. The van der Waals surface area contributed by atoms with Gasteiger partial charge >= 0.3 is 14.0 Å². The van der Waals surface area contributed by atoms with Crippen LogP contribution in [-0.2, 0) is 18.1 Å². The number of phosphoric acid groups is 1. The van der Waals surface area contributed by atoms with E-state index in [0.29, 0.717) is 6.42 Å². The van der Waals surface area contributed by atoms with Crippen LogP contribution >= 0.6 is 7.82 Å². The van der Waals surface area contributed by atoms with Gasteiger partial charge in [0.15, 0.2) is 6.61 Å². The molecule has 4 nitrogen and oxygen atoms in total. The molecule has 0 spiro atoms. The van der Waals surface area contributed by atoms with Crippen molar-refractivity contribution in [3.8, 4) is 0 Å². The van der Waals surface area contributed by atoms with E-state index in [4.69, 9.17) is 0 Å². The molecule has 8 heteroatoms. The second-order valence-electron chi connectivity index (χ2n) is 2.71. The molecule has 0 radical (unpaired) electrons. The molecule has 0 rings (SSSR count). The average molecular weight is 250 g/mol. The van der Waals surface area contributed by atoms with Crippen LogP contribution in [0.25, 0.3) is 0 Å². The van der Waals surface area contributed by atoms with Crippen molar-refractivity contribution in [1.29, 1.82) is 0 Å². The molecule has 0 aliphatic heterocycles. The van der Waals surface area contributed by atoms with Gasteiger partial charge in [-0.05, 0) is 6.42 Å². The Kier molecular flexibility index (Phi) is 6.43. The third kappa shape index (κ3) is 7.79. The zero-order valence-corrected chi connectivity index (χ0v) is 9.44. The number of phosphoric ester groups is 1. The Hall–Kier alpha value is -0.100.